The molecule has 0 aromatic heterocycles. The van der Waals surface area contributed by atoms with Gasteiger partial charge in [-0.25, -0.2) is 8.42 Å². The van der Waals surface area contributed by atoms with E-state index in [2.05, 4.69) is 0 Å². The molecule has 1 saturated heterocycles. The molecule has 0 unspecified atom stereocenters. The molecule has 0 bridgehead atoms. The van der Waals surface area contributed by atoms with Crippen LogP contribution in [0.2, 0.25) is 0 Å². The van der Waals surface area contributed by atoms with E-state index in [1.807, 2.05) is 20.8 Å². The maximum atomic E-state index is 12.6. The molecule has 1 atom stereocenters. The minimum Gasteiger partial charge on any atom is -0.447 e. The molecule has 1 fully saturated rings. The number of carbonyl (C=O) groups is 1. The van der Waals surface area contributed by atoms with E-state index in [9.17, 15) is 13.2 Å². The molecule has 0 radical (unpaired) electrons. The summed E-state index contributed by atoms with van der Waals surface area (Å²) in [6, 6.07) is 5.87. The Hall–Kier alpha value is -1.40. The van der Waals surface area contributed by atoms with E-state index < -0.39 is 22.0 Å². The molecule has 20 heavy (non-hydrogen) atoms. The topological polar surface area (TPSA) is 63.7 Å². The maximum absolute atomic E-state index is 12.6. The van der Waals surface area contributed by atoms with Gasteiger partial charge in [-0.05, 0) is 31.4 Å². The molecule has 1 aromatic carbocycles. The fraction of sp³-hybridized carbons (Fsp3) is 0.500. The van der Waals surface area contributed by atoms with Gasteiger partial charge in [0.25, 0.3) is 0 Å². The number of nitrogens with zero attached hydrogens (tertiary/aromatic N) is 1. The molecule has 110 valence electrons. The summed E-state index contributed by atoms with van der Waals surface area (Å²) in [5.41, 5.74) is 0.983. The Balaban J connectivity index is 2.33. The van der Waals surface area contributed by atoms with Gasteiger partial charge >= 0.3 is 5.97 Å². The number of cyclic esters (lactones) is 1. The van der Waals surface area contributed by atoms with E-state index in [1.165, 1.54) is 0 Å². The van der Waals surface area contributed by atoms with Crippen molar-refractivity contribution in [3.8, 4) is 0 Å². The van der Waals surface area contributed by atoms with Gasteiger partial charge in [0, 0.05) is 0 Å². The number of hydrogen-bond donors (Lipinski definition) is 0. The van der Waals surface area contributed by atoms with Crippen molar-refractivity contribution in [2.45, 2.75) is 38.1 Å². The molecule has 1 aromatic rings. The zero-order valence-corrected chi connectivity index (χ0v) is 12.7. The average Bonchev–Trinajstić information content (AvgIpc) is 2.71. The average molecular weight is 297 g/mol. The van der Waals surface area contributed by atoms with Crippen LogP contribution in [0.4, 0.5) is 0 Å². The highest BCUT2D eigenvalue weighted by Crippen LogP contribution is 2.26. The number of ether oxygens (including phenoxy) is 1. The summed E-state index contributed by atoms with van der Waals surface area (Å²) in [5.74, 6) is -0.254. The summed E-state index contributed by atoms with van der Waals surface area (Å²) >= 11 is 0. The first-order valence-electron chi connectivity index (χ1n) is 6.57. The smallest absolute Gasteiger partial charge is 0.325 e. The van der Waals surface area contributed by atoms with Crippen LogP contribution in [0.15, 0.2) is 29.2 Å². The summed E-state index contributed by atoms with van der Waals surface area (Å²) in [5, 5.41) is 0. The Morgan fingerprint density at radius 1 is 1.30 bits per heavy atom. The fourth-order valence-electron chi connectivity index (χ4n) is 2.17. The second-order valence-electron chi connectivity index (χ2n) is 5.44. The molecule has 0 saturated carbocycles. The van der Waals surface area contributed by atoms with Crippen molar-refractivity contribution in [1.29, 1.82) is 0 Å². The summed E-state index contributed by atoms with van der Waals surface area (Å²) in [4.78, 5) is 11.9. The number of esters is 1. The van der Waals surface area contributed by atoms with Crippen LogP contribution in [-0.2, 0) is 19.6 Å². The monoisotopic (exact) mass is 297 g/mol. The highest BCUT2D eigenvalue weighted by atomic mass is 32.2. The molecular formula is C14H19NO4S. The number of sulfonamides is 1. The first-order chi connectivity index (χ1) is 9.32. The molecule has 2 rings (SSSR count). The van der Waals surface area contributed by atoms with Crippen molar-refractivity contribution in [2.24, 2.45) is 5.92 Å². The van der Waals surface area contributed by atoms with Gasteiger partial charge in [-0.1, -0.05) is 31.5 Å². The van der Waals surface area contributed by atoms with Crippen molar-refractivity contribution >= 4 is 16.0 Å². The van der Waals surface area contributed by atoms with Crippen LogP contribution in [0.5, 0.6) is 0 Å². The van der Waals surface area contributed by atoms with Crippen LogP contribution in [0, 0.1) is 12.8 Å². The summed E-state index contributed by atoms with van der Waals surface area (Å²) in [6.07, 6.45) is 0.462. The number of benzene rings is 1. The second-order valence-corrected chi connectivity index (χ2v) is 7.33. The molecule has 1 heterocycles. The first kappa shape index (κ1) is 15.0. The van der Waals surface area contributed by atoms with Crippen molar-refractivity contribution in [3.63, 3.8) is 0 Å². The molecule has 0 aliphatic carbocycles. The van der Waals surface area contributed by atoms with Crippen LogP contribution < -0.4 is 0 Å². The molecule has 1 aliphatic rings. The predicted octanol–water partition coefficient (Wildman–Crippen LogP) is 1.91. The van der Waals surface area contributed by atoms with Gasteiger partial charge in [-0.15, -0.1) is 4.31 Å². The van der Waals surface area contributed by atoms with Gasteiger partial charge in [0.1, 0.15) is 6.04 Å². The Kier molecular flexibility index (Phi) is 4.15. The fourth-order valence-corrected chi connectivity index (χ4v) is 3.62. The van der Waals surface area contributed by atoms with Gasteiger partial charge < -0.3 is 4.74 Å². The lowest BCUT2D eigenvalue weighted by Gasteiger charge is -2.21. The van der Waals surface area contributed by atoms with Crippen molar-refractivity contribution in [1.82, 2.24) is 4.31 Å². The summed E-state index contributed by atoms with van der Waals surface area (Å²) in [6.45, 7) is 5.58. The van der Waals surface area contributed by atoms with Gasteiger partial charge in [-0.2, -0.15) is 0 Å². The van der Waals surface area contributed by atoms with E-state index in [-0.39, 0.29) is 17.5 Å². The number of hydrogen-bond acceptors (Lipinski definition) is 4. The molecule has 5 nitrogen and oxygen atoms in total. The summed E-state index contributed by atoms with van der Waals surface area (Å²) < 4.78 is 31.2. The highest BCUT2D eigenvalue weighted by molar-refractivity contribution is 7.89. The first-order valence-corrected chi connectivity index (χ1v) is 8.01. The molecule has 0 N–H and O–H groups in total. The van der Waals surface area contributed by atoms with E-state index >= 15 is 0 Å². The second kappa shape index (κ2) is 5.54. The van der Waals surface area contributed by atoms with E-state index in [0.29, 0.717) is 6.42 Å². The van der Waals surface area contributed by atoms with Crippen LogP contribution >= 0.6 is 0 Å². The largest absolute Gasteiger partial charge is 0.447 e. The lowest BCUT2D eigenvalue weighted by atomic mass is 10.0. The Morgan fingerprint density at radius 3 is 2.45 bits per heavy atom. The van der Waals surface area contributed by atoms with E-state index in [4.69, 9.17) is 4.74 Å². The van der Waals surface area contributed by atoms with Gasteiger partial charge in [0.15, 0.2) is 6.73 Å². The van der Waals surface area contributed by atoms with Crippen LogP contribution in [0.25, 0.3) is 0 Å². The van der Waals surface area contributed by atoms with Crippen molar-refractivity contribution < 1.29 is 17.9 Å². The minimum absolute atomic E-state index is 0.190. The zero-order chi connectivity index (χ0) is 14.9. The SMILES string of the molecule is Cc1ccc(S(=O)(=O)N2COC(=O)[C@@H]2CC(C)C)cc1. The maximum Gasteiger partial charge on any atom is 0.325 e. The number of rotatable bonds is 4. The molecule has 0 spiro atoms. The van der Waals surface area contributed by atoms with Crippen LogP contribution in [0.3, 0.4) is 0 Å². The van der Waals surface area contributed by atoms with Crippen LogP contribution in [-0.4, -0.2) is 31.5 Å². The number of aryl methyl sites for hydroxylation is 1. The van der Waals surface area contributed by atoms with Crippen molar-refractivity contribution in [3.05, 3.63) is 29.8 Å². The Labute approximate surface area is 119 Å². The molecule has 1 aliphatic heterocycles. The standard InChI is InChI=1S/C14H19NO4S/c1-10(2)8-13-14(16)19-9-15(13)20(17,18)12-6-4-11(3)5-7-12/h4-7,10,13H,8-9H2,1-3H3/t13-/m0/s1. The van der Waals surface area contributed by atoms with Gasteiger partial charge in [0.05, 0.1) is 4.90 Å². The van der Waals surface area contributed by atoms with Gasteiger partial charge in [0.2, 0.25) is 10.0 Å². The third kappa shape index (κ3) is 2.86. The lowest BCUT2D eigenvalue weighted by molar-refractivity contribution is -0.139. The zero-order valence-electron chi connectivity index (χ0n) is 11.9. The molecule has 0 amide bonds. The lowest BCUT2D eigenvalue weighted by Crippen LogP contribution is -2.38. The third-order valence-electron chi connectivity index (χ3n) is 3.28. The normalized spacial score (nSPS) is 20.4. The quantitative estimate of drug-likeness (QED) is 0.796. The number of carbonyl (C=O) groups excluding carboxylic acids is 1. The molecule has 6 heteroatoms. The summed E-state index contributed by atoms with van der Waals surface area (Å²) in [7, 11) is -3.70. The highest BCUT2D eigenvalue weighted by Gasteiger charge is 2.42. The van der Waals surface area contributed by atoms with Gasteiger partial charge in [-0.3, -0.25) is 4.79 Å². The van der Waals surface area contributed by atoms with Crippen molar-refractivity contribution in [2.75, 3.05) is 6.73 Å². The molecular weight excluding hydrogens is 278 g/mol. The van der Waals surface area contributed by atoms with Crippen LogP contribution in [0.1, 0.15) is 25.8 Å². The Morgan fingerprint density at radius 2 is 1.90 bits per heavy atom. The van der Waals surface area contributed by atoms with E-state index in [1.54, 1.807) is 24.3 Å². The Bertz CT molecular complexity index is 592. The third-order valence-corrected chi connectivity index (χ3v) is 5.12. The van der Waals surface area contributed by atoms with E-state index in [0.717, 1.165) is 9.87 Å². The minimum atomic E-state index is -3.70. The predicted molar refractivity (Wildman–Crippen MR) is 74.4 cm³/mol.